The second-order valence-electron chi connectivity index (χ2n) is 8.21. The first-order chi connectivity index (χ1) is 12.5. The Morgan fingerprint density at radius 3 is 2.63 bits per heavy atom. The molecule has 1 aliphatic rings. The zero-order valence-corrected chi connectivity index (χ0v) is 16.6. The van der Waals surface area contributed by atoms with Crippen LogP contribution < -0.4 is 5.32 Å². The van der Waals surface area contributed by atoms with Crippen molar-refractivity contribution in [2.75, 3.05) is 5.32 Å². The van der Waals surface area contributed by atoms with Gasteiger partial charge in [0.25, 0.3) is 0 Å². The van der Waals surface area contributed by atoms with Crippen LogP contribution in [-0.4, -0.2) is 22.5 Å². The van der Waals surface area contributed by atoms with Gasteiger partial charge in [-0.3, -0.25) is 0 Å². The number of hydrogen-bond acceptors (Lipinski definition) is 5. The molecule has 3 rings (SSSR count). The van der Waals surface area contributed by atoms with Gasteiger partial charge in [-0.1, -0.05) is 6.07 Å². The number of aromatic nitrogens is 1. The first-order valence-electron chi connectivity index (χ1n) is 8.96. The SMILES string of the molecule is CC1Nc2ccc(-c3ccc(C#N)n3C(=O)OC(C)(C)C)cc2C(C)(C)O1. The normalized spacial score (nSPS) is 18.2. The number of nitrogens with zero attached hydrogens (tertiary/aromatic N) is 2. The summed E-state index contributed by atoms with van der Waals surface area (Å²) in [5.41, 5.74) is 2.52. The minimum absolute atomic E-state index is 0.0887. The number of benzene rings is 1. The van der Waals surface area contributed by atoms with Crippen LogP contribution in [0.2, 0.25) is 0 Å². The molecule has 6 heteroatoms. The molecule has 0 saturated carbocycles. The zero-order valence-electron chi connectivity index (χ0n) is 16.6. The number of hydrogen-bond donors (Lipinski definition) is 1. The molecule has 2 aromatic rings. The molecule has 0 saturated heterocycles. The molecule has 1 aromatic carbocycles. The predicted molar refractivity (Wildman–Crippen MR) is 103 cm³/mol. The van der Waals surface area contributed by atoms with E-state index in [9.17, 15) is 10.1 Å². The number of ether oxygens (including phenoxy) is 2. The quantitative estimate of drug-likeness (QED) is 0.781. The maximum Gasteiger partial charge on any atom is 0.420 e. The van der Waals surface area contributed by atoms with Crippen LogP contribution in [0.4, 0.5) is 10.5 Å². The van der Waals surface area contributed by atoms with E-state index in [4.69, 9.17) is 9.47 Å². The Bertz CT molecular complexity index is 929. The second kappa shape index (κ2) is 6.43. The van der Waals surface area contributed by atoms with E-state index in [1.165, 1.54) is 4.57 Å². The monoisotopic (exact) mass is 367 g/mol. The van der Waals surface area contributed by atoms with Gasteiger partial charge in [-0.15, -0.1) is 0 Å². The molecule has 0 bridgehead atoms. The van der Waals surface area contributed by atoms with Crippen molar-refractivity contribution in [1.82, 2.24) is 4.57 Å². The van der Waals surface area contributed by atoms with Gasteiger partial charge in [-0.05, 0) is 71.4 Å². The molecular weight excluding hydrogens is 342 g/mol. The van der Waals surface area contributed by atoms with Crippen LogP contribution in [0.1, 0.15) is 52.8 Å². The highest BCUT2D eigenvalue weighted by atomic mass is 16.6. The average molecular weight is 367 g/mol. The van der Waals surface area contributed by atoms with Crippen LogP contribution in [0, 0.1) is 11.3 Å². The lowest BCUT2D eigenvalue weighted by atomic mass is 9.92. The predicted octanol–water partition coefficient (Wildman–Crippen LogP) is 4.83. The van der Waals surface area contributed by atoms with E-state index < -0.39 is 17.3 Å². The number of nitriles is 1. The summed E-state index contributed by atoms with van der Waals surface area (Å²) >= 11 is 0. The van der Waals surface area contributed by atoms with E-state index in [0.717, 1.165) is 16.8 Å². The lowest BCUT2D eigenvalue weighted by Gasteiger charge is -2.38. The Balaban J connectivity index is 2.10. The lowest BCUT2D eigenvalue weighted by Crippen LogP contribution is -2.37. The van der Waals surface area contributed by atoms with E-state index in [0.29, 0.717) is 5.69 Å². The summed E-state index contributed by atoms with van der Waals surface area (Å²) in [6.07, 6.45) is -0.659. The van der Waals surface area contributed by atoms with E-state index in [2.05, 4.69) is 11.4 Å². The molecule has 1 unspecified atom stereocenters. The first kappa shape index (κ1) is 19.0. The third-order valence-corrected chi connectivity index (χ3v) is 4.37. The number of anilines is 1. The standard InChI is InChI=1S/C21H25N3O3/c1-13-23-17-9-7-14(11-16(17)21(5,6)26-13)18-10-8-15(12-22)24(18)19(25)27-20(2,3)4/h7-11,13,23H,1-6H3. The second-order valence-corrected chi connectivity index (χ2v) is 8.21. The van der Waals surface area contributed by atoms with E-state index >= 15 is 0 Å². The van der Waals surface area contributed by atoms with Crippen LogP contribution in [-0.2, 0) is 15.1 Å². The summed E-state index contributed by atoms with van der Waals surface area (Å²) in [7, 11) is 0. The highest BCUT2D eigenvalue weighted by molar-refractivity contribution is 5.82. The van der Waals surface area contributed by atoms with Gasteiger partial charge in [0.15, 0.2) is 0 Å². The fourth-order valence-electron chi connectivity index (χ4n) is 3.34. The Kier molecular flexibility index (Phi) is 4.52. The van der Waals surface area contributed by atoms with Crippen LogP contribution >= 0.6 is 0 Å². The summed E-state index contributed by atoms with van der Waals surface area (Å²) in [4.78, 5) is 12.7. The van der Waals surface area contributed by atoms with E-state index in [1.54, 1.807) is 32.9 Å². The van der Waals surface area contributed by atoms with Gasteiger partial charge in [0.1, 0.15) is 23.6 Å². The zero-order chi connectivity index (χ0) is 20.0. The topological polar surface area (TPSA) is 76.3 Å². The van der Waals surface area contributed by atoms with Gasteiger partial charge in [0, 0.05) is 11.3 Å². The molecule has 1 atom stereocenters. The molecule has 142 valence electrons. The molecule has 0 radical (unpaired) electrons. The molecular formula is C21H25N3O3. The number of nitrogens with one attached hydrogen (secondary N) is 1. The number of rotatable bonds is 1. The molecule has 0 amide bonds. The van der Waals surface area contributed by atoms with Crippen molar-refractivity contribution in [2.24, 2.45) is 0 Å². The fraction of sp³-hybridized carbons (Fsp3) is 0.429. The van der Waals surface area contributed by atoms with Gasteiger partial charge in [0.05, 0.1) is 11.3 Å². The summed E-state index contributed by atoms with van der Waals surface area (Å²) < 4.78 is 12.8. The van der Waals surface area contributed by atoms with Crippen molar-refractivity contribution in [3.05, 3.63) is 41.6 Å². The number of carbonyl (C=O) groups is 1. The summed E-state index contributed by atoms with van der Waals surface area (Å²) in [6.45, 7) is 11.4. The maximum atomic E-state index is 12.7. The third-order valence-electron chi connectivity index (χ3n) is 4.37. The van der Waals surface area contributed by atoms with E-state index in [-0.39, 0.29) is 11.9 Å². The van der Waals surface area contributed by atoms with Crippen LogP contribution in [0.3, 0.4) is 0 Å². The molecule has 27 heavy (non-hydrogen) atoms. The number of carbonyl (C=O) groups excluding carboxylic acids is 1. The van der Waals surface area contributed by atoms with Gasteiger partial charge in [0.2, 0.25) is 0 Å². The van der Waals surface area contributed by atoms with Crippen molar-refractivity contribution in [3.63, 3.8) is 0 Å². The van der Waals surface area contributed by atoms with Crippen LogP contribution in [0.5, 0.6) is 0 Å². The molecule has 6 nitrogen and oxygen atoms in total. The molecule has 1 N–H and O–H groups in total. The van der Waals surface area contributed by atoms with Gasteiger partial charge < -0.3 is 14.8 Å². The minimum atomic E-state index is -0.656. The molecule has 1 aliphatic heterocycles. The Morgan fingerprint density at radius 1 is 1.30 bits per heavy atom. The lowest BCUT2D eigenvalue weighted by molar-refractivity contribution is -0.0632. The Hall–Kier alpha value is -2.78. The third kappa shape index (κ3) is 3.69. The average Bonchev–Trinajstić information content (AvgIpc) is 2.96. The Morgan fingerprint density at radius 2 is 2.00 bits per heavy atom. The van der Waals surface area contributed by atoms with E-state index in [1.807, 2.05) is 39.0 Å². The largest absolute Gasteiger partial charge is 0.443 e. The van der Waals surface area contributed by atoms with Gasteiger partial charge in [-0.2, -0.15) is 5.26 Å². The van der Waals surface area contributed by atoms with Gasteiger partial charge >= 0.3 is 6.09 Å². The first-order valence-corrected chi connectivity index (χ1v) is 8.96. The molecule has 1 aromatic heterocycles. The fourth-order valence-corrected chi connectivity index (χ4v) is 3.34. The summed E-state index contributed by atoms with van der Waals surface area (Å²) in [5, 5.41) is 12.7. The number of fused-ring (bicyclic) bond motifs is 1. The van der Waals surface area contributed by atoms with Crippen molar-refractivity contribution in [1.29, 1.82) is 5.26 Å². The summed E-state index contributed by atoms with van der Waals surface area (Å²) in [5.74, 6) is 0. The maximum absolute atomic E-state index is 12.7. The highest BCUT2D eigenvalue weighted by Crippen LogP contribution is 2.39. The van der Waals surface area contributed by atoms with Crippen LogP contribution in [0.25, 0.3) is 11.3 Å². The van der Waals surface area contributed by atoms with Crippen molar-refractivity contribution >= 4 is 11.8 Å². The highest BCUT2D eigenvalue weighted by Gasteiger charge is 2.32. The molecule has 2 heterocycles. The van der Waals surface area contributed by atoms with Gasteiger partial charge in [-0.25, -0.2) is 9.36 Å². The molecule has 0 fully saturated rings. The van der Waals surface area contributed by atoms with Crippen molar-refractivity contribution < 1.29 is 14.3 Å². The smallest absolute Gasteiger partial charge is 0.420 e. The Labute approximate surface area is 159 Å². The van der Waals surface area contributed by atoms with Crippen LogP contribution in [0.15, 0.2) is 30.3 Å². The van der Waals surface area contributed by atoms with Crippen molar-refractivity contribution in [2.45, 2.75) is 59.0 Å². The molecule has 0 spiro atoms. The van der Waals surface area contributed by atoms with Crippen molar-refractivity contribution in [3.8, 4) is 17.3 Å². The minimum Gasteiger partial charge on any atom is -0.443 e. The molecule has 0 aliphatic carbocycles. The summed E-state index contributed by atoms with van der Waals surface area (Å²) in [6, 6.07) is 11.3.